The quantitative estimate of drug-likeness (QED) is 0.675. The van der Waals surface area contributed by atoms with Gasteiger partial charge < -0.3 is 5.32 Å². The van der Waals surface area contributed by atoms with Crippen LogP contribution in [0.4, 0.5) is 0 Å². The first-order valence-corrected chi connectivity index (χ1v) is 6.12. The van der Waals surface area contributed by atoms with Crippen LogP contribution in [-0.2, 0) is 0 Å². The highest BCUT2D eigenvalue weighted by atomic mass is 15.3. The lowest BCUT2D eigenvalue weighted by atomic mass is 10.0. The zero-order valence-electron chi connectivity index (χ0n) is 8.91. The second kappa shape index (κ2) is 3.80. The number of hydrogen-bond donors (Lipinski definition) is 1. The molecule has 3 heteroatoms. The Morgan fingerprint density at radius 1 is 0.929 bits per heavy atom. The van der Waals surface area contributed by atoms with Gasteiger partial charge in [-0.15, -0.1) is 0 Å². The smallest absolute Gasteiger partial charge is 0.0350 e. The number of likely N-dealkylation sites (tertiary alicyclic amines) is 2. The Morgan fingerprint density at radius 3 is 2.36 bits per heavy atom. The van der Waals surface area contributed by atoms with Gasteiger partial charge in [0, 0.05) is 31.7 Å². The van der Waals surface area contributed by atoms with E-state index in [1.54, 1.807) is 0 Å². The lowest BCUT2D eigenvalue weighted by Gasteiger charge is -2.47. The Hall–Kier alpha value is -0.120. The molecule has 1 atom stereocenters. The van der Waals surface area contributed by atoms with Crippen molar-refractivity contribution >= 4 is 0 Å². The normalized spacial score (nSPS) is 36.4. The maximum atomic E-state index is 3.45. The molecule has 0 amide bonds. The van der Waals surface area contributed by atoms with Gasteiger partial charge in [-0.05, 0) is 38.9 Å². The molecule has 3 fully saturated rings. The van der Waals surface area contributed by atoms with E-state index in [9.17, 15) is 0 Å². The van der Waals surface area contributed by atoms with E-state index in [4.69, 9.17) is 0 Å². The molecule has 3 heterocycles. The fourth-order valence-electron chi connectivity index (χ4n) is 3.07. The highest BCUT2D eigenvalue weighted by Crippen LogP contribution is 2.23. The van der Waals surface area contributed by atoms with Crippen molar-refractivity contribution in [3.05, 3.63) is 0 Å². The van der Waals surface area contributed by atoms with Gasteiger partial charge in [0.1, 0.15) is 0 Å². The number of hydrogen-bond acceptors (Lipinski definition) is 3. The third kappa shape index (κ3) is 1.58. The topological polar surface area (TPSA) is 18.5 Å². The summed E-state index contributed by atoms with van der Waals surface area (Å²) >= 11 is 0. The minimum atomic E-state index is 0.855. The standard InChI is InChI=1S/C11H21N3/c1-2-6-13(5-1)11-8-14(9-11)10-3-4-12-7-10/h10-12H,1-9H2. The molecule has 1 N–H and O–H groups in total. The van der Waals surface area contributed by atoms with Crippen LogP contribution in [0.1, 0.15) is 19.3 Å². The van der Waals surface area contributed by atoms with Crippen molar-refractivity contribution in [3.63, 3.8) is 0 Å². The summed E-state index contributed by atoms with van der Waals surface area (Å²) in [6, 6.07) is 1.76. The molecule has 3 aliphatic heterocycles. The van der Waals surface area contributed by atoms with Gasteiger partial charge in [-0.1, -0.05) is 0 Å². The largest absolute Gasteiger partial charge is 0.315 e. The molecule has 3 aliphatic rings. The van der Waals surface area contributed by atoms with Gasteiger partial charge in [-0.2, -0.15) is 0 Å². The first kappa shape index (κ1) is 9.13. The highest BCUT2D eigenvalue weighted by molar-refractivity contribution is 4.95. The molecule has 0 aromatic carbocycles. The van der Waals surface area contributed by atoms with Crippen molar-refractivity contribution in [3.8, 4) is 0 Å². The Morgan fingerprint density at radius 2 is 1.71 bits per heavy atom. The van der Waals surface area contributed by atoms with Gasteiger partial charge in [0.15, 0.2) is 0 Å². The minimum absolute atomic E-state index is 0.855. The summed E-state index contributed by atoms with van der Waals surface area (Å²) in [5, 5.41) is 3.45. The molecule has 14 heavy (non-hydrogen) atoms. The van der Waals surface area contributed by atoms with Crippen LogP contribution in [0, 0.1) is 0 Å². The SMILES string of the molecule is C1CCN(C2CN(C3CCNC3)C2)C1. The molecule has 1 unspecified atom stereocenters. The van der Waals surface area contributed by atoms with E-state index in [-0.39, 0.29) is 0 Å². The van der Waals surface area contributed by atoms with E-state index in [0.29, 0.717) is 0 Å². The van der Waals surface area contributed by atoms with Gasteiger partial charge in [-0.3, -0.25) is 9.80 Å². The van der Waals surface area contributed by atoms with Crippen LogP contribution in [0.3, 0.4) is 0 Å². The molecule has 0 spiro atoms. The lowest BCUT2D eigenvalue weighted by molar-refractivity contribution is 0.0211. The molecule has 3 nitrogen and oxygen atoms in total. The lowest BCUT2D eigenvalue weighted by Crippen LogP contribution is -2.61. The van der Waals surface area contributed by atoms with E-state index in [1.807, 2.05) is 0 Å². The first-order valence-electron chi connectivity index (χ1n) is 6.12. The molecule has 0 aromatic heterocycles. The molecule has 3 saturated heterocycles. The third-order valence-corrected chi connectivity index (χ3v) is 4.10. The summed E-state index contributed by atoms with van der Waals surface area (Å²) in [6.45, 7) is 7.86. The van der Waals surface area contributed by atoms with Crippen molar-refractivity contribution in [1.29, 1.82) is 0 Å². The molecule has 0 aromatic rings. The minimum Gasteiger partial charge on any atom is -0.315 e. The van der Waals surface area contributed by atoms with Crippen molar-refractivity contribution in [2.24, 2.45) is 0 Å². The van der Waals surface area contributed by atoms with Crippen LogP contribution in [0.15, 0.2) is 0 Å². The molecular weight excluding hydrogens is 174 g/mol. The maximum absolute atomic E-state index is 3.45. The van der Waals surface area contributed by atoms with Crippen molar-refractivity contribution in [1.82, 2.24) is 15.1 Å². The summed E-state index contributed by atoms with van der Waals surface area (Å²) in [4.78, 5) is 5.36. The van der Waals surface area contributed by atoms with Gasteiger partial charge in [0.25, 0.3) is 0 Å². The van der Waals surface area contributed by atoms with E-state index >= 15 is 0 Å². The van der Waals surface area contributed by atoms with Gasteiger partial charge in [0.05, 0.1) is 0 Å². The van der Waals surface area contributed by atoms with Crippen LogP contribution < -0.4 is 5.32 Å². The van der Waals surface area contributed by atoms with Gasteiger partial charge in [0.2, 0.25) is 0 Å². The summed E-state index contributed by atoms with van der Waals surface area (Å²) in [7, 11) is 0. The third-order valence-electron chi connectivity index (χ3n) is 4.10. The van der Waals surface area contributed by atoms with Crippen molar-refractivity contribution < 1.29 is 0 Å². The molecule has 80 valence electrons. The van der Waals surface area contributed by atoms with Crippen LogP contribution in [0.5, 0.6) is 0 Å². The van der Waals surface area contributed by atoms with E-state index in [0.717, 1.165) is 12.1 Å². The number of rotatable bonds is 2. The average Bonchev–Trinajstić information content (AvgIpc) is 2.71. The van der Waals surface area contributed by atoms with Gasteiger partial charge >= 0.3 is 0 Å². The molecule has 3 rings (SSSR count). The predicted molar refractivity (Wildman–Crippen MR) is 57.4 cm³/mol. The fraction of sp³-hybridized carbons (Fsp3) is 1.00. The van der Waals surface area contributed by atoms with Crippen molar-refractivity contribution in [2.45, 2.75) is 31.3 Å². The Bertz CT molecular complexity index is 169. The second-order valence-electron chi connectivity index (χ2n) is 5.00. The van der Waals surface area contributed by atoms with E-state index < -0.39 is 0 Å². The van der Waals surface area contributed by atoms with Crippen LogP contribution in [0.25, 0.3) is 0 Å². The average molecular weight is 195 g/mol. The molecular formula is C11H21N3. The van der Waals surface area contributed by atoms with Gasteiger partial charge in [-0.25, -0.2) is 0 Å². The second-order valence-corrected chi connectivity index (χ2v) is 5.00. The summed E-state index contributed by atoms with van der Waals surface area (Å²) in [5.74, 6) is 0. The molecule has 0 saturated carbocycles. The molecule has 0 radical (unpaired) electrons. The highest BCUT2D eigenvalue weighted by Gasteiger charge is 2.37. The molecule has 0 bridgehead atoms. The predicted octanol–water partition coefficient (Wildman–Crippen LogP) is 0.128. The first-order chi connectivity index (χ1) is 6.93. The van der Waals surface area contributed by atoms with E-state index in [2.05, 4.69) is 15.1 Å². The maximum Gasteiger partial charge on any atom is 0.0350 e. The number of nitrogens with zero attached hydrogens (tertiary/aromatic N) is 2. The fourth-order valence-corrected chi connectivity index (χ4v) is 3.07. The van der Waals surface area contributed by atoms with Crippen molar-refractivity contribution in [2.75, 3.05) is 39.3 Å². The van der Waals surface area contributed by atoms with Crippen LogP contribution in [0.2, 0.25) is 0 Å². The Balaban J connectivity index is 1.45. The Labute approximate surface area is 86.4 Å². The summed E-state index contributed by atoms with van der Waals surface area (Å²) in [5.41, 5.74) is 0. The van der Waals surface area contributed by atoms with Crippen LogP contribution >= 0.6 is 0 Å². The number of nitrogens with one attached hydrogen (secondary N) is 1. The molecule has 0 aliphatic carbocycles. The Kier molecular flexibility index (Phi) is 2.48. The summed E-state index contributed by atoms with van der Waals surface area (Å²) in [6.07, 6.45) is 4.23. The summed E-state index contributed by atoms with van der Waals surface area (Å²) < 4.78 is 0. The zero-order valence-corrected chi connectivity index (χ0v) is 8.91. The van der Waals surface area contributed by atoms with E-state index in [1.165, 1.54) is 58.5 Å². The van der Waals surface area contributed by atoms with Crippen LogP contribution in [-0.4, -0.2) is 61.2 Å². The monoisotopic (exact) mass is 195 g/mol. The zero-order chi connectivity index (χ0) is 9.38.